The number of halogens is 1. The van der Waals surface area contributed by atoms with E-state index >= 15 is 0 Å². The molecule has 3 atom stereocenters. The number of hydrogen-bond acceptors (Lipinski definition) is 6. The van der Waals surface area contributed by atoms with Gasteiger partial charge in [-0.1, -0.05) is 37.6 Å². The van der Waals surface area contributed by atoms with Crippen LogP contribution < -0.4 is 19.4 Å². The Labute approximate surface area is 218 Å². The molecule has 0 bridgehead atoms. The molecule has 3 aromatic carbocycles. The van der Waals surface area contributed by atoms with Crippen LogP contribution in [-0.4, -0.2) is 31.6 Å². The predicted molar refractivity (Wildman–Crippen MR) is 140 cm³/mol. The van der Waals surface area contributed by atoms with Crippen molar-refractivity contribution >= 4 is 39.1 Å². The molecule has 2 amide bonds. The average molecular weight is 551 g/mol. The predicted octanol–water partition coefficient (Wildman–Crippen LogP) is 5.69. The molecule has 0 aromatic heterocycles. The van der Waals surface area contributed by atoms with Gasteiger partial charge in [-0.15, -0.1) is 0 Å². The van der Waals surface area contributed by atoms with E-state index in [0.717, 1.165) is 28.6 Å². The van der Waals surface area contributed by atoms with Gasteiger partial charge in [-0.2, -0.15) is 0 Å². The summed E-state index contributed by atoms with van der Waals surface area (Å²) in [6.07, 6.45) is 1.08. The van der Waals surface area contributed by atoms with E-state index in [1.54, 1.807) is 36.4 Å². The van der Waals surface area contributed by atoms with Crippen molar-refractivity contribution < 1.29 is 23.9 Å². The topological polar surface area (TPSA) is 68.3 Å². The van der Waals surface area contributed by atoms with Gasteiger partial charge in [0.15, 0.2) is 6.10 Å². The van der Waals surface area contributed by atoms with Gasteiger partial charge >= 0.3 is 0 Å². The molecule has 8 heteroatoms. The van der Waals surface area contributed by atoms with Crippen LogP contribution in [0.25, 0.3) is 0 Å². The van der Waals surface area contributed by atoms with Gasteiger partial charge in [-0.3, -0.25) is 14.4 Å². The summed E-state index contributed by atoms with van der Waals surface area (Å²) in [6.45, 7) is 2.73. The maximum Gasteiger partial charge on any atom is 0.266 e. The summed E-state index contributed by atoms with van der Waals surface area (Å²) in [5.74, 6) is 0.00953. The maximum absolute atomic E-state index is 13.8. The lowest BCUT2D eigenvalue weighted by molar-refractivity contribution is -0.126. The zero-order valence-corrected chi connectivity index (χ0v) is 21.7. The van der Waals surface area contributed by atoms with Crippen LogP contribution in [0.5, 0.6) is 11.5 Å². The molecule has 2 saturated heterocycles. The third kappa shape index (κ3) is 4.35. The summed E-state index contributed by atoms with van der Waals surface area (Å²) in [6, 6.07) is 21.7. The highest BCUT2D eigenvalue weighted by atomic mass is 79.9. The second-order valence-corrected chi connectivity index (χ2v) is 9.61. The van der Waals surface area contributed by atoms with Crippen molar-refractivity contribution in [1.29, 1.82) is 0 Å². The summed E-state index contributed by atoms with van der Waals surface area (Å²) in [7, 11) is 1.60. The first-order chi connectivity index (χ1) is 17.5. The minimum Gasteiger partial charge on any atom is -0.496 e. The molecule has 7 nitrogen and oxygen atoms in total. The molecule has 0 N–H and O–H groups in total. The molecule has 36 heavy (non-hydrogen) atoms. The largest absolute Gasteiger partial charge is 0.496 e. The van der Waals surface area contributed by atoms with Crippen LogP contribution in [0.4, 0.5) is 11.4 Å². The Bertz CT molecular complexity index is 1250. The second-order valence-electron chi connectivity index (χ2n) is 8.76. The summed E-state index contributed by atoms with van der Waals surface area (Å²) >= 11 is 3.55. The van der Waals surface area contributed by atoms with Crippen molar-refractivity contribution in [3.8, 4) is 11.5 Å². The molecule has 186 valence electrons. The Morgan fingerprint density at radius 3 is 2.36 bits per heavy atom. The van der Waals surface area contributed by atoms with E-state index in [2.05, 4.69) is 22.9 Å². The van der Waals surface area contributed by atoms with Gasteiger partial charge in [-0.25, -0.2) is 9.96 Å². The normalized spacial score (nSPS) is 21.1. The molecule has 0 unspecified atom stereocenters. The van der Waals surface area contributed by atoms with E-state index in [1.165, 1.54) is 4.90 Å². The van der Waals surface area contributed by atoms with E-state index < -0.39 is 18.1 Å². The van der Waals surface area contributed by atoms with Crippen LogP contribution in [-0.2, 0) is 14.4 Å². The van der Waals surface area contributed by atoms with E-state index in [4.69, 9.17) is 14.3 Å². The Morgan fingerprint density at radius 2 is 1.69 bits per heavy atom. The molecule has 0 aliphatic carbocycles. The molecule has 2 aliphatic rings. The highest BCUT2D eigenvalue weighted by Gasteiger charge is 2.60. The number of methoxy groups -OCH3 is 1. The lowest BCUT2D eigenvalue weighted by Gasteiger charge is -2.29. The quantitative estimate of drug-likeness (QED) is 0.265. The monoisotopic (exact) mass is 550 g/mol. The first-order valence-electron chi connectivity index (χ1n) is 12.0. The number of rotatable bonds is 8. The number of benzene rings is 3. The highest BCUT2D eigenvalue weighted by Crippen LogP contribution is 2.48. The number of imide groups is 1. The third-order valence-electron chi connectivity index (χ3n) is 6.51. The van der Waals surface area contributed by atoms with Crippen LogP contribution >= 0.6 is 15.9 Å². The third-order valence-corrected chi connectivity index (χ3v) is 7.12. The van der Waals surface area contributed by atoms with E-state index in [0.29, 0.717) is 23.8 Å². The molecule has 2 fully saturated rings. The second kappa shape index (κ2) is 10.3. The fourth-order valence-electron chi connectivity index (χ4n) is 4.70. The first kappa shape index (κ1) is 24.3. The molecular weight excluding hydrogens is 524 g/mol. The minimum absolute atomic E-state index is 0.292. The standard InChI is InChI=1S/C28H27BrN2O5/c1-3-4-16-35-21-13-11-19(12-14-21)30-27(32)24-25(18-10-15-23(34-2)22(29)17-18)31(36-26(24)28(30)33)20-8-6-5-7-9-20/h5-15,17,24-26H,3-4,16H2,1-2H3/t24-,25-,26-/m1/s1. The zero-order chi connectivity index (χ0) is 25.2. The fraction of sp³-hybridized carbons (Fsp3) is 0.286. The fourth-order valence-corrected chi connectivity index (χ4v) is 5.26. The molecular formula is C28H27BrN2O5. The number of anilines is 2. The van der Waals surface area contributed by atoms with Gasteiger partial charge in [-0.05, 0) is 76.4 Å². The first-order valence-corrected chi connectivity index (χ1v) is 12.8. The summed E-state index contributed by atoms with van der Waals surface area (Å²) in [4.78, 5) is 34.7. The number of hydroxylamine groups is 1. The molecule has 2 heterocycles. The van der Waals surface area contributed by atoms with Gasteiger partial charge in [0.05, 0.1) is 35.6 Å². The van der Waals surface area contributed by atoms with E-state index in [1.807, 2.05) is 48.5 Å². The number of amides is 2. The zero-order valence-electron chi connectivity index (χ0n) is 20.1. The molecule has 0 spiro atoms. The number of carbonyl (C=O) groups is 2. The van der Waals surface area contributed by atoms with Crippen molar-refractivity contribution in [2.45, 2.75) is 31.9 Å². The number of carbonyl (C=O) groups excluding carboxylic acids is 2. The molecule has 3 aromatic rings. The number of para-hydroxylation sites is 1. The number of fused-ring (bicyclic) bond motifs is 1. The molecule has 0 saturated carbocycles. The van der Waals surface area contributed by atoms with Crippen molar-refractivity contribution in [2.75, 3.05) is 23.7 Å². The summed E-state index contributed by atoms with van der Waals surface area (Å²) < 4.78 is 11.9. The summed E-state index contributed by atoms with van der Waals surface area (Å²) in [5.41, 5.74) is 2.11. The van der Waals surface area contributed by atoms with Crippen molar-refractivity contribution in [1.82, 2.24) is 0 Å². The van der Waals surface area contributed by atoms with Crippen LogP contribution in [0.2, 0.25) is 0 Å². The molecule has 2 aliphatic heterocycles. The number of nitrogens with zero attached hydrogens (tertiary/aromatic N) is 2. The SMILES string of the molecule is CCCCOc1ccc(N2C(=O)[C@@H]3[C@@H](c4ccc(OC)c(Br)c4)N(c4ccccc4)O[C@H]3C2=O)cc1. The smallest absolute Gasteiger partial charge is 0.266 e. The van der Waals surface area contributed by atoms with Crippen LogP contribution in [0.3, 0.4) is 0 Å². The van der Waals surface area contributed by atoms with Gasteiger partial charge in [0.2, 0.25) is 5.91 Å². The number of hydrogen-bond donors (Lipinski definition) is 0. The Hall–Kier alpha value is -3.36. The van der Waals surface area contributed by atoms with Gasteiger partial charge in [0.1, 0.15) is 17.4 Å². The maximum atomic E-state index is 13.8. The van der Waals surface area contributed by atoms with Gasteiger partial charge in [0, 0.05) is 0 Å². The Morgan fingerprint density at radius 1 is 0.944 bits per heavy atom. The lowest BCUT2D eigenvalue weighted by Crippen LogP contribution is -2.37. The molecule has 5 rings (SSSR count). The van der Waals surface area contributed by atoms with Gasteiger partial charge < -0.3 is 9.47 Å². The number of ether oxygens (including phenoxy) is 2. The van der Waals surface area contributed by atoms with Crippen molar-refractivity contribution in [2.24, 2.45) is 5.92 Å². The minimum atomic E-state index is -0.927. The highest BCUT2D eigenvalue weighted by molar-refractivity contribution is 9.10. The van der Waals surface area contributed by atoms with Crippen LogP contribution in [0.1, 0.15) is 31.4 Å². The average Bonchev–Trinajstić information content (AvgIpc) is 3.41. The van der Waals surface area contributed by atoms with Crippen LogP contribution in [0.15, 0.2) is 77.3 Å². The van der Waals surface area contributed by atoms with Crippen LogP contribution in [0, 0.1) is 5.92 Å². The Kier molecular flexibility index (Phi) is 6.98. The summed E-state index contributed by atoms with van der Waals surface area (Å²) in [5, 5.41) is 1.68. The van der Waals surface area contributed by atoms with Gasteiger partial charge in [0.25, 0.3) is 5.91 Å². The van der Waals surface area contributed by atoms with E-state index in [-0.39, 0.29) is 11.8 Å². The molecule has 0 radical (unpaired) electrons. The van der Waals surface area contributed by atoms with Crippen molar-refractivity contribution in [3.63, 3.8) is 0 Å². The van der Waals surface area contributed by atoms with E-state index in [9.17, 15) is 9.59 Å². The lowest BCUT2D eigenvalue weighted by atomic mass is 9.90. The Balaban J connectivity index is 1.48. The number of unbranched alkanes of at least 4 members (excludes halogenated alkanes) is 1. The van der Waals surface area contributed by atoms with Crippen molar-refractivity contribution in [3.05, 3.63) is 82.8 Å².